The molecule has 0 unspecified atom stereocenters. The van der Waals surface area contributed by atoms with E-state index in [0.29, 0.717) is 28.6 Å². The fourth-order valence-electron chi connectivity index (χ4n) is 3.10. The molecule has 0 atom stereocenters. The van der Waals surface area contributed by atoms with Gasteiger partial charge in [-0.05, 0) is 24.3 Å². The molecule has 1 amide bonds. The monoisotopic (exact) mass is 413 g/mol. The van der Waals surface area contributed by atoms with Gasteiger partial charge in [0.15, 0.2) is 11.5 Å². The smallest absolute Gasteiger partial charge is 0.325 e. The standard InChI is InChI=1S/C21H23N3O6/c1-27-16-9-13(10-17(28-2)20(16)30-4)21(26)22-11-18-23-14-7-5-6-8-15(14)24(18)12-19(25)29-3/h5-10H,11-12H2,1-4H3,(H,22,26). The van der Waals surface area contributed by atoms with Gasteiger partial charge in [-0.3, -0.25) is 9.59 Å². The number of amides is 1. The van der Waals surface area contributed by atoms with Gasteiger partial charge in [0.25, 0.3) is 5.91 Å². The minimum atomic E-state index is -0.407. The second-order valence-electron chi connectivity index (χ2n) is 6.28. The lowest BCUT2D eigenvalue weighted by Gasteiger charge is -2.14. The summed E-state index contributed by atoms with van der Waals surface area (Å²) in [5.74, 6) is 0.917. The quantitative estimate of drug-likeness (QED) is 0.565. The number of ether oxygens (including phenoxy) is 4. The number of imidazole rings is 1. The molecule has 1 heterocycles. The van der Waals surface area contributed by atoms with Crippen LogP contribution in [0.2, 0.25) is 0 Å². The number of fused-ring (bicyclic) bond motifs is 1. The zero-order chi connectivity index (χ0) is 21.7. The van der Waals surface area contributed by atoms with Crippen molar-refractivity contribution in [2.45, 2.75) is 13.1 Å². The number of hydrogen-bond acceptors (Lipinski definition) is 7. The number of para-hydroxylation sites is 2. The minimum Gasteiger partial charge on any atom is -0.493 e. The maximum absolute atomic E-state index is 12.8. The van der Waals surface area contributed by atoms with Gasteiger partial charge in [-0.1, -0.05) is 12.1 Å². The highest BCUT2D eigenvalue weighted by Crippen LogP contribution is 2.38. The summed E-state index contributed by atoms with van der Waals surface area (Å²) in [6.07, 6.45) is 0. The largest absolute Gasteiger partial charge is 0.493 e. The molecule has 9 heteroatoms. The van der Waals surface area contributed by atoms with Crippen LogP contribution in [-0.2, 0) is 22.6 Å². The van der Waals surface area contributed by atoms with Crippen LogP contribution >= 0.6 is 0 Å². The van der Waals surface area contributed by atoms with Gasteiger partial charge in [0.1, 0.15) is 12.4 Å². The van der Waals surface area contributed by atoms with Crippen LogP contribution in [0.25, 0.3) is 11.0 Å². The Hall–Kier alpha value is -3.75. The fraction of sp³-hybridized carbons (Fsp3) is 0.286. The molecule has 0 radical (unpaired) electrons. The molecule has 0 saturated heterocycles. The SMILES string of the molecule is COC(=O)Cn1c(CNC(=O)c2cc(OC)c(OC)c(OC)c2)nc2ccccc21. The van der Waals surface area contributed by atoms with Crippen LogP contribution in [0.1, 0.15) is 16.2 Å². The van der Waals surface area contributed by atoms with Gasteiger partial charge in [0.05, 0.1) is 46.0 Å². The van der Waals surface area contributed by atoms with Crippen LogP contribution in [0, 0.1) is 0 Å². The number of methoxy groups -OCH3 is 4. The first-order valence-electron chi connectivity index (χ1n) is 9.11. The van der Waals surface area contributed by atoms with Crippen LogP contribution in [0.5, 0.6) is 17.2 Å². The lowest BCUT2D eigenvalue weighted by molar-refractivity contribution is -0.141. The summed E-state index contributed by atoms with van der Waals surface area (Å²) < 4.78 is 22.4. The number of carbonyl (C=O) groups excluding carboxylic acids is 2. The van der Waals surface area contributed by atoms with Gasteiger partial charge in [-0.2, -0.15) is 0 Å². The molecular formula is C21H23N3O6. The molecule has 3 rings (SSSR count). The van der Waals surface area contributed by atoms with Gasteiger partial charge < -0.3 is 28.8 Å². The van der Waals surface area contributed by atoms with E-state index in [1.54, 1.807) is 16.7 Å². The summed E-state index contributed by atoms with van der Waals surface area (Å²) in [6.45, 7) is 0.105. The molecule has 158 valence electrons. The highest BCUT2D eigenvalue weighted by Gasteiger charge is 2.18. The third-order valence-corrected chi connectivity index (χ3v) is 4.58. The number of nitrogens with zero attached hydrogens (tertiary/aromatic N) is 2. The van der Waals surface area contributed by atoms with Crippen molar-refractivity contribution in [2.24, 2.45) is 0 Å². The average Bonchev–Trinajstić information content (AvgIpc) is 3.13. The molecule has 2 aromatic carbocycles. The van der Waals surface area contributed by atoms with E-state index in [2.05, 4.69) is 10.3 Å². The topological polar surface area (TPSA) is 101 Å². The van der Waals surface area contributed by atoms with Crippen molar-refractivity contribution in [3.8, 4) is 17.2 Å². The molecule has 1 N–H and O–H groups in total. The van der Waals surface area contributed by atoms with Crippen molar-refractivity contribution in [3.05, 3.63) is 47.8 Å². The van der Waals surface area contributed by atoms with E-state index in [1.165, 1.54) is 28.4 Å². The highest BCUT2D eigenvalue weighted by molar-refractivity contribution is 5.95. The zero-order valence-corrected chi connectivity index (χ0v) is 17.2. The van der Waals surface area contributed by atoms with Gasteiger partial charge in [0, 0.05) is 5.56 Å². The van der Waals surface area contributed by atoms with Crippen molar-refractivity contribution in [2.75, 3.05) is 28.4 Å². The maximum Gasteiger partial charge on any atom is 0.325 e. The Balaban J connectivity index is 1.87. The predicted molar refractivity (Wildman–Crippen MR) is 109 cm³/mol. The molecular weight excluding hydrogens is 390 g/mol. The summed E-state index contributed by atoms with van der Waals surface area (Å²) in [4.78, 5) is 29.1. The van der Waals surface area contributed by atoms with Crippen LogP contribution < -0.4 is 19.5 Å². The summed E-state index contributed by atoms with van der Waals surface area (Å²) in [7, 11) is 5.78. The summed E-state index contributed by atoms with van der Waals surface area (Å²) in [6, 6.07) is 10.5. The van der Waals surface area contributed by atoms with Crippen molar-refractivity contribution in [3.63, 3.8) is 0 Å². The average molecular weight is 413 g/mol. The molecule has 1 aromatic heterocycles. The molecule has 3 aromatic rings. The number of nitrogens with one attached hydrogen (secondary N) is 1. The zero-order valence-electron chi connectivity index (χ0n) is 17.2. The van der Waals surface area contributed by atoms with E-state index < -0.39 is 5.97 Å². The van der Waals surface area contributed by atoms with Gasteiger partial charge in [-0.15, -0.1) is 0 Å². The number of carbonyl (C=O) groups is 2. The third-order valence-electron chi connectivity index (χ3n) is 4.58. The van der Waals surface area contributed by atoms with E-state index in [1.807, 2.05) is 24.3 Å². The molecule has 30 heavy (non-hydrogen) atoms. The van der Waals surface area contributed by atoms with Crippen LogP contribution in [0.3, 0.4) is 0 Å². The van der Waals surface area contributed by atoms with E-state index in [4.69, 9.17) is 18.9 Å². The first kappa shape index (κ1) is 21.0. The molecule has 0 aliphatic heterocycles. The number of rotatable bonds is 8. The predicted octanol–water partition coefficient (Wildman–Crippen LogP) is 2.17. The molecule has 0 aliphatic carbocycles. The van der Waals surface area contributed by atoms with E-state index in [9.17, 15) is 9.59 Å². The Kier molecular flexibility index (Phi) is 6.41. The van der Waals surface area contributed by atoms with Crippen molar-refractivity contribution < 1.29 is 28.5 Å². The first-order valence-corrected chi connectivity index (χ1v) is 9.11. The number of hydrogen-bond donors (Lipinski definition) is 1. The lowest BCUT2D eigenvalue weighted by Crippen LogP contribution is -2.25. The molecule has 0 bridgehead atoms. The normalized spacial score (nSPS) is 10.5. The number of aromatic nitrogens is 2. The Labute approximate surface area is 173 Å². The highest BCUT2D eigenvalue weighted by atomic mass is 16.5. The van der Waals surface area contributed by atoms with E-state index >= 15 is 0 Å². The van der Waals surface area contributed by atoms with Crippen LogP contribution in [0.15, 0.2) is 36.4 Å². The van der Waals surface area contributed by atoms with Crippen molar-refractivity contribution in [1.82, 2.24) is 14.9 Å². The van der Waals surface area contributed by atoms with Gasteiger partial charge in [0.2, 0.25) is 5.75 Å². The Bertz CT molecular complexity index is 1050. The third kappa shape index (κ3) is 4.14. The fourth-order valence-corrected chi connectivity index (χ4v) is 3.10. The summed E-state index contributed by atoms with van der Waals surface area (Å²) in [5, 5.41) is 2.82. The van der Waals surface area contributed by atoms with Gasteiger partial charge in [-0.25, -0.2) is 4.98 Å². The first-order chi connectivity index (χ1) is 14.5. The van der Waals surface area contributed by atoms with Gasteiger partial charge >= 0.3 is 5.97 Å². The van der Waals surface area contributed by atoms with E-state index in [-0.39, 0.29) is 19.0 Å². The van der Waals surface area contributed by atoms with Crippen LogP contribution in [-0.4, -0.2) is 49.9 Å². The van der Waals surface area contributed by atoms with E-state index in [0.717, 1.165) is 11.0 Å². The Morgan fingerprint density at radius 3 is 2.27 bits per heavy atom. The van der Waals surface area contributed by atoms with Crippen molar-refractivity contribution >= 4 is 22.9 Å². The molecule has 0 fully saturated rings. The second kappa shape index (κ2) is 9.17. The molecule has 0 aliphatic rings. The Morgan fingerprint density at radius 2 is 1.67 bits per heavy atom. The number of esters is 1. The second-order valence-corrected chi connectivity index (χ2v) is 6.28. The minimum absolute atomic E-state index is 0.00754. The Morgan fingerprint density at radius 1 is 1.00 bits per heavy atom. The maximum atomic E-state index is 12.8. The number of benzene rings is 2. The molecule has 9 nitrogen and oxygen atoms in total. The summed E-state index contributed by atoms with van der Waals surface area (Å²) >= 11 is 0. The van der Waals surface area contributed by atoms with Crippen LogP contribution in [0.4, 0.5) is 0 Å². The van der Waals surface area contributed by atoms with Crippen molar-refractivity contribution in [1.29, 1.82) is 0 Å². The summed E-state index contributed by atoms with van der Waals surface area (Å²) in [5.41, 5.74) is 1.83. The lowest BCUT2D eigenvalue weighted by atomic mass is 10.1. The molecule has 0 saturated carbocycles. The molecule has 0 spiro atoms.